The molecule has 18 heavy (non-hydrogen) atoms. The molecule has 0 aliphatic heterocycles. The van der Waals surface area contributed by atoms with Crippen LogP contribution in [-0.2, 0) is 0 Å². The van der Waals surface area contributed by atoms with Crippen LogP contribution in [0.2, 0.25) is 5.02 Å². The fraction of sp³-hybridized carbons (Fsp3) is 0.133. The van der Waals surface area contributed by atoms with E-state index >= 15 is 0 Å². The lowest BCUT2D eigenvalue weighted by molar-refractivity contribution is 0.102. The van der Waals surface area contributed by atoms with Crippen LogP contribution < -0.4 is 0 Å². The van der Waals surface area contributed by atoms with E-state index in [4.69, 9.17) is 11.6 Å². The first-order chi connectivity index (χ1) is 8.66. The molecule has 2 aromatic rings. The fourth-order valence-corrected chi connectivity index (χ4v) is 2.63. The minimum Gasteiger partial charge on any atom is -0.293 e. The Balaban J connectivity index is 2.01. The molecule has 2 aromatic carbocycles. The zero-order chi connectivity index (χ0) is 13.0. The lowest BCUT2D eigenvalue weighted by Gasteiger charge is -2.04. The highest BCUT2D eigenvalue weighted by atomic mass is 35.5. The normalized spacial score (nSPS) is 10.3. The molecule has 0 bridgehead atoms. The topological polar surface area (TPSA) is 17.1 Å². The number of halogens is 1. The van der Waals surface area contributed by atoms with Gasteiger partial charge in [0.1, 0.15) is 0 Å². The molecular weight excluding hydrogens is 264 g/mol. The molecule has 0 spiro atoms. The van der Waals surface area contributed by atoms with Gasteiger partial charge in [-0.2, -0.15) is 0 Å². The number of benzene rings is 2. The van der Waals surface area contributed by atoms with E-state index in [2.05, 4.69) is 13.0 Å². The van der Waals surface area contributed by atoms with Crippen LogP contribution in [0, 0.1) is 6.92 Å². The number of ketones is 1. The predicted octanol–water partition coefficient (Wildman–Crippen LogP) is 4.62. The average Bonchev–Trinajstić information content (AvgIpc) is 2.38. The molecule has 2 rings (SSSR count). The van der Waals surface area contributed by atoms with Crippen molar-refractivity contribution in [2.24, 2.45) is 0 Å². The van der Waals surface area contributed by atoms with E-state index in [1.165, 1.54) is 5.56 Å². The summed E-state index contributed by atoms with van der Waals surface area (Å²) >= 11 is 7.37. The second kappa shape index (κ2) is 6.07. The molecule has 0 fully saturated rings. The summed E-state index contributed by atoms with van der Waals surface area (Å²) in [5.41, 5.74) is 1.91. The van der Waals surface area contributed by atoms with E-state index in [0.29, 0.717) is 16.3 Å². The first-order valence-corrected chi connectivity index (χ1v) is 7.00. The van der Waals surface area contributed by atoms with Gasteiger partial charge in [-0.25, -0.2) is 0 Å². The van der Waals surface area contributed by atoms with Crippen LogP contribution in [-0.4, -0.2) is 11.5 Å². The molecule has 3 heteroatoms. The quantitative estimate of drug-likeness (QED) is 0.598. The summed E-state index contributed by atoms with van der Waals surface area (Å²) in [6.07, 6.45) is 0. The molecule has 0 radical (unpaired) electrons. The van der Waals surface area contributed by atoms with Gasteiger partial charge < -0.3 is 0 Å². The van der Waals surface area contributed by atoms with Gasteiger partial charge in [0.25, 0.3) is 0 Å². The van der Waals surface area contributed by atoms with Crippen molar-refractivity contribution in [3.8, 4) is 0 Å². The Morgan fingerprint density at radius 2 is 1.78 bits per heavy atom. The Morgan fingerprint density at radius 1 is 1.11 bits per heavy atom. The molecule has 0 aliphatic carbocycles. The van der Waals surface area contributed by atoms with Gasteiger partial charge in [0.05, 0.1) is 5.75 Å². The van der Waals surface area contributed by atoms with Crippen molar-refractivity contribution in [1.82, 2.24) is 0 Å². The van der Waals surface area contributed by atoms with Crippen LogP contribution in [0.1, 0.15) is 15.9 Å². The van der Waals surface area contributed by atoms with Crippen molar-refractivity contribution in [3.63, 3.8) is 0 Å². The fourth-order valence-electron chi connectivity index (χ4n) is 1.58. The summed E-state index contributed by atoms with van der Waals surface area (Å²) in [6.45, 7) is 2.05. The molecule has 0 aliphatic rings. The maximum absolute atomic E-state index is 12.0. The summed E-state index contributed by atoms with van der Waals surface area (Å²) in [4.78, 5) is 13.1. The zero-order valence-corrected chi connectivity index (χ0v) is 11.6. The van der Waals surface area contributed by atoms with Crippen molar-refractivity contribution < 1.29 is 4.79 Å². The third-order valence-electron chi connectivity index (χ3n) is 2.62. The maximum atomic E-state index is 12.0. The van der Waals surface area contributed by atoms with Crippen molar-refractivity contribution in [3.05, 3.63) is 64.7 Å². The number of carbonyl (C=O) groups is 1. The van der Waals surface area contributed by atoms with Gasteiger partial charge >= 0.3 is 0 Å². The van der Waals surface area contributed by atoms with Gasteiger partial charge in [-0.1, -0.05) is 29.8 Å². The van der Waals surface area contributed by atoms with Gasteiger partial charge in [0.2, 0.25) is 0 Å². The summed E-state index contributed by atoms with van der Waals surface area (Å²) in [5, 5.41) is 0.651. The third kappa shape index (κ3) is 3.37. The van der Waals surface area contributed by atoms with E-state index in [0.717, 1.165) is 4.90 Å². The molecule has 0 N–H and O–H groups in total. The first-order valence-electron chi connectivity index (χ1n) is 5.64. The van der Waals surface area contributed by atoms with Gasteiger partial charge in [0.15, 0.2) is 5.78 Å². The lowest BCUT2D eigenvalue weighted by atomic mass is 10.1. The van der Waals surface area contributed by atoms with E-state index in [-0.39, 0.29) is 5.78 Å². The van der Waals surface area contributed by atoms with Crippen molar-refractivity contribution in [2.75, 3.05) is 5.75 Å². The number of rotatable bonds is 4. The Bertz CT molecular complexity index is 549. The summed E-state index contributed by atoms with van der Waals surface area (Å²) in [5.74, 6) is 0.576. The lowest BCUT2D eigenvalue weighted by Crippen LogP contribution is -2.02. The van der Waals surface area contributed by atoms with E-state index in [1.54, 1.807) is 36.0 Å². The van der Waals surface area contributed by atoms with Gasteiger partial charge in [-0.3, -0.25) is 4.79 Å². The Labute approximate surface area is 116 Å². The molecular formula is C15H13ClOS. The van der Waals surface area contributed by atoms with Crippen molar-refractivity contribution in [2.45, 2.75) is 11.8 Å². The SMILES string of the molecule is Cc1ccccc1SCC(=O)c1ccc(Cl)cc1. The molecule has 0 unspecified atom stereocenters. The first kappa shape index (κ1) is 13.2. The largest absolute Gasteiger partial charge is 0.293 e. The number of carbonyl (C=O) groups excluding carboxylic acids is 1. The maximum Gasteiger partial charge on any atom is 0.173 e. The number of hydrogen-bond acceptors (Lipinski definition) is 2. The predicted molar refractivity (Wildman–Crippen MR) is 77.7 cm³/mol. The van der Waals surface area contributed by atoms with E-state index < -0.39 is 0 Å². The summed E-state index contributed by atoms with van der Waals surface area (Å²) in [6, 6.07) is 15.1. The van der Waals surface area contributed by atoms with Gasteiger partial charge in [-0.15, -0.1) is 11.8 Å². The molecule has 0 saturated heterocycles. The summed E-state index contributed by atoms with van der Waals surface area (Å²) < 4.78 is 0. The highest BCUT2D eigenvalue weighted by Crippen LogP contribution is 2.23. The smallest absolute Gasteiger partial charge is 0.173 e. The second-order valence-corrected chi connectivity index (χ2v) is 5.44. The number of aryl methyl sites for hydroxylation is 1. The van der Waals surface area contributed by atoms with E-state index in [1.807, 2.05) is 18.2 Å². The van der Waals surface area contributed by atoms with Crippen molar-refractivity contribution >= 4 is 29.1 Å². The monoisotopic (exact) mass is 276 g/mol. The van der Waals surface area contributed by atoms with Crippen LogP contribution >= 0.6 is 23.4 Å². The number of thioether (sulfide) groups is 1. The zero-order valence-electron chi connectivity index (χ0n) is 10.0. The standard InChI is InChI=1S/C15H13ClOS/c1-11-4-2-3-5-15(11)18-10-14(17)12-6-8-13(16)9-7-12/h2-9H,10H2,1H3. The Kier molecular flexibility index (Phi) is 4.45. The molecule has 1 nitrogen and oxygen atoms in total. The van der Waals surface area contributed by atoms with Gasteiger partial charge in [0, 0.05) is 15.5 Å². The number of hydrogen-bond donors (Lipinski definition) is 0. The molecule has 0 heterocycles. The molecule has 0 amide bonds. The average molecular weight is 277 g/mol. The minimum atomic E-state index is 0.125. The van der Waals surface area contributed by atoms with Gasteiger partial charge in [-0.05, 0) is 42.8 Å². The van der Waals surface area contributed by atoms with Crippen molar-refractivity contribution in [1.29, 1.82) is 0 Å². The number of Topliss-reactive ketones (excluding diaryl/α,β-unsaturated/α-hetero) is 1. The molecule has 92 valence electrons. The van der Waals surface area contributed by atoms with Crippen LogP contribution in [0.25, 0.3) is 0 Å². The molecule has 0 aromatic heterocycles. The van der Waals surface area contributed by atoms with Crippen LogP contribution in [0.4, 0.5) is 0 Å². The van der Waals surface area contributed by atoms with Crippen LogP contribution in [0.3, 0.4) is 0 Å². The van der Waals surface area contributed by atoms with Crippen LogP contribution in [0.5, 0.6) is 0 Å². The van der Waals surface area contributed by atoms with Crippen LogP contribution in [0.15, 0.2) is 53.4 Å². The third-order valence-corrected chi connectivity index (χ3v) is 4.05. The summed E-state index contributed by atoms with van der Waals surface area (Å²) in [7, 11) is 0. The highest BCUT2D eigenvalue weighted by Gasteiger charge is 2.07. The molecule has 0 atom stereocenters. The molecule has 0 saturated carbocycles. The Hall–Kier alpha value is -1.25. The highest BCUT2D eigenvalue weighted by molar-refractivity contribution is 8.00. The second-order valence-electron chi connectivity index (χ2n) is 3.98. The minimum absolute atomic E-state index is 0.125. The van der Waals surface area contributed by atoms with E-state index in [9.17, 15) is 4.79 Å². The Morgan fingerprint density at radius 3 is 2.44 bits per heavy atom.